The number of carbonyl (C=O) groups is 1. The number of hydrogen-bond acceptors (Lipinski definition) is 6. The van der Waals surface area contributed by atoms with Gasteiger partial charge in [-0.1, -0.05) is 0 Å². The minimum atomic E-state index is 0.289. The lowest BCUT2D eigenvalue weighted by atomic mass is 10.1. The van der Waals surface area contributed by atoms with E-state index < -0.39 is 0 Å². The van der Waals surface area contributed by atoms with E-state index in [2.05, 4.69) is 9.36 Å². The molecule has 72 valence electrons. The number of ketones is 1. The van der Waals surface area contributed by atoms with Gasteiger partial charge in [0.15, 0.2) is 0 Å². The van der Waals surface area contributed by atoms with Crippen LogP contribution in [0.1, 0.15) is 17.8 Å². The summed E-state index contributed by atoms with van der Waals surface area (Å²) in [6, 6.07) is 1.95. The number of Topliss-reactive ketones (excluding diaryl/α,β-unsaturated/α-hetero) is 1. The van der Waals surface area contributed by atoms with Gasteiger partial charge < -0.3 is 4.90 Å². The van der Waals surface area contributed by atoms with E-state index in [9.17, 15) is 4.79 Å². The quantitative estimate of drug-likeness (QED) is 0.675. The fraction of sp³-hybridized carbons (Fsp3) is 0.500. The van der Waals surface area contributed by atoms with Gasteiger partial charge in [-0.25, -0.2) is 0 Å². The van der Waals surface area contributed by atoms with E-state index in [0.717, 1.165) is 11.5 Å². The van der Waals surface area contributed by atoms with Crippen molar-refractivity contribution in [2.24, 2.45) is 0 Å². The van der Waals surface area contributed by atoms with E-state index in [1.807, 2.05) is 11.0 Å². The molecule has 2 heterocycles. The largest absolute Gasteiger partial charge is 0.339 e. The molecule has 0 aromatic carbocycles. The molecule has 0 aliphatic carbocycles. The topological polar surface area (TPSA) is 69.9 Å². The van der Waals surface area contributed by atoms with Crippen molar-refractivity contribution in [3.63, 3.8) is 0 Å². The third-order valence-electron chi connectivity index (χ3n) is 2.11. The van der Waals surface area contributed by atoms with E-state index >= 15 is 0 Å². The van der Waals surface area contributed by atoms with Gasteiger partial charge >= 0.3 is 0 Å². The van der Waals surface area contributed by atoms with Crippen molar-refractivity contribution in [2.45, 2.75) is 12.8 Å². The maximum atomic E-state index is 11.0. The lowest BCUT2D eigenvalue weighted by Gasteiger charge is -2.24. The predicted molar refractivity (Wildman–Crippen MR) is 51.1 cm³/mol. The lowest BCUT2D eigenvalue weighted by molar-refractivity contribution is -0.119. The van der Waals surface area contributed by atoms with Crippen LogP contribution >= 0.6 is 11.5 Å². The molecule has 1 aromatic rings. The molecule has 0 saturated carbocycles. The van der Waals surface area contributed by atoms with Crippen LogP contribution in [-0.4, -0.2) is 28.2 Å². The molecule has 14 heavy (non-hydrogen) atoms. The summed E-state index contributed by atoms with van der Waals surface area (Å²) in [4.78, 5) is 17.0. The molecule has 6 heteroatoms. The van der Waals surface area contributed by atoms with Crippen molar-refractivity contribution in [1.29, 1.82) is 5.26 Å². The predicted octanol–water partition coefficient (Wildman–Crippen LogP) is 0.579. The van der Waals surface area contributed by atoms with Crippen molar-refractivity contribution < 1.29 is 4.79 Å². The second-order valence-corrected chi connectivity index (χ2v) is 3.79. The Hall–Kier alpha value is -1.48. The summed E-state index contributed by atoms with van der Waals surface area (Å²) >= 11 is 1.10. The molecule has 0 spiro atoms. The summed E-state index contributed by atoms with van der Waals surface area (Å²) < 4.78 is 4.06. The third kappa shape index (κ3) is 1.72. The van der Waals surface area contributed by atoms with E-state index in [1.165, 1.54) is 0 Å². The van der Waals surface area contributed by atoms with Crippen molar-refractivity contribution in [3.05, 3.63) is 5.01 Å². The molecule has 0 radical (unpaired) electrons. The Labute approximate surface area is 85.1 Å². The maximum Gasteiger partial charge on any atom is 0.238 e. The highest BCUT2D eigenvalue weighted by molar-refractivity contribution is 7.06. The first-order valence-electron chi connectivity index (χ1n) is 4.30. The molecule has 0 unspecified atom stereocenters. The fourth-order valence-electron chi connectivity index (χ4n) is 1.35. The van der Waals surface area contributed by atoms with Crippen molar-refractivity contribution in [3.8, 4) is 6.07 Å². The smallest absolute Gasteiger partial charge is 0.238 e. The lowest BCUT2D eigenvalue weighted by Crippen LogP contribution is -2.34. The van der Waals surface area contributed by atoms with Crippen LogP contribution in [0.5, 0.6) is 0 Å². The van der Waals surface area contributed by atoms with Crippen LogP contribution < -0.4 is 4.90 Å². The zero-order valence-electron chi connectivity index (χ0n) is 7.43. The molecular formula is C8H8N4OS. The number of piperidine rings is 1. The SMILES string of the molecule is N#Cc1nc(N2CCC(=O)CC2)ns1. The molecule has 5 nitrogen and oxygen atoms in total. The highest BCUT2D eigenvalue weighted by Gasteiger charge is 2.19. The molecule has 1 aromatic heterocycles. The number of hydrogen-bond donors (Lipinski definition) is 0. The third-order valence-corrected chi connectivity index (χ3v) is 2.73. The first-order chi connectivity index (χ1) is 6.79. The summed E-state index contributed by atoms with van der Waals surface area (Å²) in [5.74, 6) is 0.871. The van der Waals surface area contributed by atoms with E-state index in [1.54, 1.807) is 0 Å². The molecule has 0 bridgehead atoms. The molecule has 0 atom stereocenters. The van der Waals surface area contributed by atoms with Crippen LogP contribution in [0.3, 0.4) is 0 Å². The summed E-state index contributed by atoms with van der Waals surface area (Å²) in [5, 5.41) is 8.95. The Morgan fingerprint density at radius 1 is 1.43 bits per heavy atom. The van der Waals surface area contributed by atoms with Crippen LogP contribution in [0.15, 0.2) is 0 Å². The number of carbonyl (C=O) groups excluding carboxylic acids is 1. The van der Waals surface area contributed by atoms with Gasteiger partial charge in [-0.2, -0.15) is 14.6 Å². The Morgan fingerprint density at radius 3 is 2.71 bits per heavy atom. The highest BCUT2D eigenvalue weighted by Crippen LogP contribution is 2.16. The van der Waals surface area contributed by atoms with E-state index in [4.69, 9.17) is 5.26 Å². The van der Waals surface area contributed by atoms with E-state index in [-0.39, 0.29) is 5.78 Å². The molecule has 1 aliphatic heterocycles. The number of rotatable bonds is 1. The normalized spacial score (nSPS) is 16.8. The molecule has 0 N–H and O–H groups in total. The van der Waals surface area contributed by atoms with Gasteiger partial charge in [0.25, 0.3) is 0 Å². The average Bonchev–Trinajstić information content (AvgIpc) is 2.67. The van der Waals surface area contributed by atoms with Gasteiger partial charge in [-0.05, 0) is 11.5 Å². The standard InChI is InChI=1S/C8H8N4OS/c9-5-7-10-8(11-14-7)12-3-1-6(13)2-4-12/h1-4H2. The highest BCUT2D eigenvalue weighted by atomic mass is 32.1. The van der Waals surface area contributed by atoms with Crippen molar-refractivity contribution in [1.82, 2.24) is 9.36 Å². The molecule has 1 fully saturated rings. The second-order valence-electron chi connectivity index (χ2n) is 3.04. The number of nitriles is 1. The zero-order chi connectivity index (χ0) is 9.97. The number of anilines is 1. The van der Waals surface area contributed by atoms with Gasteiger partial charge in [0.2, 0.25) is 11.0 Å². The minimum Gasteiger partial charge on any atom is -0.339 e. The molecule has 0 amide bonds. The summed E-state index contributed by atoms with van der Waals surface area (Å²) in [6.45, 7) is 1.33. The average molecular weight is 208 g/mol. The molecular weight excluding hydrogens is 200 g/mol. The molecule has 1 aliphatic rings. The van der Waals surface area contributed by atoms with Gasteiger partial charge in [0, 0.05) is 25.9 Å². The Morgan fingerprint density at radius 2 is 2.14 bits per heavy atom. The Kier molecular flexibility index (Phi) is 2.41. The minimum absolute atomic E-state index is 0.289. The second kappa shape index (κ2) is 3.72. The maximum absolute atomic E-state index is 11.0. The molecule has 2 rings (SSSR count). The Balaban J connectivity index is 2.09. The van der Waals surface area contributed by atoms with Crippen molar-refractivity contribution >= 4 is 23.3 Å². The van der Waals surface area contributed by atoms with E-state index in [0.29, 0.717) is 36.9 Å². The summed E-state index contributed by atoms with van der Waals surface area (Å²) in [6.07, 6.45) is 1.11. The number of aromatic nitrogens is 2. The fourth-order valence-corrected chi connectivity index (χ4v) is 1.83. The van der Waals surface area contributed by atoms with Gasteiger partial charge in [0.05, 0.1) is 0 Å². The molecule has 1 saturated heterocycles. The van der Waals surface area contributed by atoms with Crippen LogP contribution in [0, 0.1) is 11.3 Å². The van der Waals surface area contributed by atoms with Gasteiger partial charge in [-0.3, -0.25) is 4.79 Å². The monoisotopic (exact) mass is 208 g/mol. The van der Waals surface area contributed by atoms with Crippen molar-refractivity contribution in [2.75, 3.05) is 18.0 Å². The van der Waals surface area contributed by atoms with Gasteiger partial charge in [0.1, 0.15) is 11.9 Å². The summed E-state index contributed by atoms with van der Waals surface area (Å²) in [5.41, 5.74) is 0. The first kappa shape index (κ1) is 9.09. The first-order valence-corrected chi connectivity index (χ1v) is 5.07. The van der Waals surface area contributed by atoms with Crippen LogP contribution in [0.25, 0.3) is 0 Å². The number of nitrogens with zero attached hydrogens (tertiary/aromatic N) is 4. The zero-order valence-corrected chi connectivity index (χ0v) is 8.25. The van der Waals surface area contributed by atoms with Crippen LogP contribution in [0.2, 0.25) is 0 Å². The summed E-state index contributed by atoms with van der Waals surface area (Å²) in [7, 11) is 0. The van der Waals surface area contributed by atoms with Crippen LogP contribution in [-0.2, 0) is 4.79 Å². The van der Waals surface area contributed by atoms with Gasteiger partial charge in [-0.15, -0.1) is 0 Å². The van der Waals surface area contributed by atoms with Crippen LogP contribution in [0.4, 0.5) is 5.95 Å². The Bertz CT molecular complexity index is 384.